The fraction of sp³-hybridized carbons (Fsp3) is 0.440. The number of hydrogen-bond acceptors (Lipinski definition) is 5. The number of para-hydroxylation sites is 2. The van der Waals surface area contributed by atoms with Crippen LogP contribution in [0.5, 0.6) is 5.75 Å². The molecule has 0 saturated carbocycles. The lowest BCUT2D eigenvalue weighted by Gasteiger charge is -2.30. The van der Waals surface area contributed by atoms with Crippen molar-refractivity contribution in [1.82, 2.24) is 4.31 Å². The van der Waals surface area contributed by atoms with Crippen LogP contribution in [0, 0.1) is 5.92 Å². The highest BCUT2D eigenvalue weighted by Gasteiger charge is 2.45. The molecule has 8 nitrogen and oxygen atoms in total. The number of nitrogens with one attached hydrogen (secondary N) is 1. The molecule has 0 bridgehead atoms. The van der Waals surface area contributed by atoms with Crippen molar-refractivity contribution in [3.05, 3.63) is 48.0 Å². The third-order valence-electron chi connectivity index (χ3n) is 6.65. The summed E-state index contributed by atoms with van der Waals surface area (Å²) in [7, 11) is -2.14. The Kier molecular flexibility index (Phi) is 6.44. The number of amides is 2. The van der Waals surface area contributed by atoms with Crippen LogP contribution in [0.4, 0.5) is 11.4 Å². The predicted molar refractivity (Wildman–Crippen MR) is 131 cm³/mol. The van der Waals surface area contributed by atoms with Crippen LogP contribution in [0.15, 0.2) is 47.4 Å². The third-order valence-corrected chi connectivity index (χ3v) is 8.51. The van der Waals surface area contributed by atoms with Gasteiger partial charge in [0.15, 0.2) is 0 Å². The summed E-state index contributed by atoms with van der Waals surface area (Å²) < 4.78 is 33.4. The molecule has 2 heterocycles. The summed E-state index contributed by atoms with van der Waals surface area (Å²) in [4.78, 5) is 27.7. The molecule has 1 atom stereocenters. The molecule has 2 aliphatic heterocycles. The summed E-state index contributed by atoms with van der Waals surface area (Å²) in [6.45, 7) is 6.37. The molecule has 0 radical (unpaired) electrons. The largest absolute Gasteiger partial charge is 0.495 e. The number of carbonyl (C=O) groups excluding carboxylic acids is 2. The molecule has 2 amide bonds. The minimum atomic E-state index is -3.66. The summed E-state index contributed by atoms with van der Waals surface area (Å²) in [6.07, 6.45) is 1.86. The van der Waals surface area contributed by atoms with E-state index in [1.54, 1.807) is 50.2 Å². The molecule has 9 heteroatoms. The van der Waals surface area contributed by atoms with Crippen LogP contribution in [0.2, 0.25) is 0 Å². The van der Waals surface area contributed by atoms with E-state index in [0.29, 0.717) is 41.7 Å². The van der Waals surface area contributed by atoms with Crippen molar-refractivity contribution >= 4 is 33.2 Å². The van der Waals surface area contributed by atoms with Gasteiger partial charge in [0.25, 0.3) is 0 Å². The van der Waals surface area contributed by atoms with E-state index in [2.05, 4.69) is 12.2 Å². The van der Waals surface area contributed by atoms with Gasteiger partial charge in [0.05, 0.1) is 23.1 Å². The van der Waals surface area contributed by atoms with E-state index in [-0.39, 0.29) is 23.3 Å². The van der Waals surface area contributed by atoms with E-state index >= 15 is 0 Å². The van der Waals surface area contributed by atoms with Gasteiger partial charge < -0.3 is 15.0 Å². The zero-order chi connectivity index (χ0) is 24.7. The minimum absolute atomic E-state index is 0.182. The lowest BCUT2D eigenvalue weighted by molar-refractivity contribution is -0.124. The summed E-state index contributed by atoms with van der Waals surface area (Å²) in [5, 5.41) is 2.79. The first-order chi connectivity index (χ1) is 16.1. The van der Waals surface area contributed by atoms with Gasteiger partial charge in [-0.05, 0) is 68.5 Å². The summed E-state index contributed by atoms with van der Waals surface area (Å²) in [5.74, 6) is 0.207. The normalized spacial score (nSPS) is 20.2. The van der Waals surface area contributed by atoms with Crippen molar-refractivity contribution in [2.24, 2.45) is 5.92 Å². The average Bonchev–Trinajstić information content (AvgIpc) is 2.99. The monoisotopic (exact) mass is 485 g/mol. The van der Waals surface area contributed by atoms with Crippen molar-refractivity contribution in [3.63, 3.8) is 0 Å². The summed E-state index contributed by atoms with van der Waals surface area (Å²) in [5.41, 5.74) is 0.712. The van der Waals surface area contributed by atoms with Gasteiger partial charge in [0.1, 0.15) is 12.3 Å². The van der Waals surface area contributed by atoms with Crippen molar-refractivity contribution in [2.45, 2.75) is 43.9 Å². The SMILES string of the molecule is COc1ccccc1NC(=O)CN1C(=O)C(C)(C)c2cc(S(=O)(=O)N3CCCC(C)C3)ccc21. The second kappa shape index (κ2) is 9.03. The van der Waals surface area contributed by atoms with Crippen LogP contribution < -0.4 is 15.0 Å². The molecule has 2 aromatic rings. The maximum absolute atomic E-state index is 13.3. The topological polar surface area (TPSA) is 96.0 Å². The number of rotatable bonds is 6. The minimum Gasteiger partial charge on any atom is -0.495 e. The zero-order valence-corrected chi connectivity index (χ0v) is 20.8. The van der Waals surface area contributed by atoms with Gasteiger partial charge in [-0.15, -0.1) is 0 Å². The number of benzene rings is 2. The van der Waals surface area contributed by atoms with E-state index in [1.165, 1.54) is 22.4 Å². The molecule has 34 heavy (non-hydrogen) atoms. The van der Waals surface area contributed by atoms with Gasteiger partial charge >= 0.3 is 0 Å². The van der Waals surface area contributed by atoms with E-state index in [9.17, 15) is 18.0 Å². The van der Waals surface area contributed by atoms with Gasteiger partial charge in [-0.3, -0.25) is 9.59 Å². The van der Waals surface area contributed by atoms with E-state index in [1.807, 2.05) is 0 Å². The molecule has 0 aromatic heterocycles. The van der Waals surface area contributed by atoms with Gasteiger partial charge in [-0.1, -0.05) is 19.1 Å². The maximum atomic E-state index is 13.3. The fourth-order valence-corrected chi connectivity index (χ4v) is 6.35. The number of methoxy groups -OCH3 is 1. The number of ether oxygens (including phenoxy) is 1. The average molecular weight is 486 g/mol. The Balaban J connectivity index is 1.60. The molecular formula is C25H31N3O5S. The number of hydrogen-bond donors (Lipinski definition) is 1. The molecule has 2 aliphatic rings. The Morgan fingerprint density at radius 1 is 1.21 bits per heavy atom. The number of carbonyl (C=O) groups is 2. The van der Waals surface area contributed by atoms with Gasteiger partial charge in [0, 0.05) is 18.8 Å². The molecule has 1 fully saturated rings. The molecule has 4 rings (SSSR count). The maximum Gasteiger partial charge on any atom is 0.244 e. The Labute approximate surface area is 200 Å². The van der Waals surface area contributed by atoms with Crippen molar-refractivity contribution < 1.29 is 22.7 Å². The number of sulfonamides is 1. The first kappa shape index (κ1) is 24.2. The number of piperidine rings is 1. The van der Waals surface area contributed by atoms with E-state index < -0.39 is 15.4 Å². The standard InChI is InChI=1S/C25H31N3O5S/c1-17-8-7-13-27(15-17)34(31,32)18-11-12-21-19(14-18)25(2,3)24(30)28(21)16-23(29)26-20-9-5-6-10-22(20)33-4/h5-6,9-12,14,17H,7-8,13,15-16H2,1-4H3,(H,26,29). The Morgan fingerprint density at radius 2 is 1.94 bits per heavy atom. The number of anilines is 2. The Bertz CT molecular complexity index is 1220. The third kappa shape index (κ3) is 4.30. The van der Waals surface area contributed by atoms with Gasteiger partial charge in [-0.25, -0.2) is 8.42 Å². The summed E-state index contributed by atoms with van der Waals surface area (Å²) >= 11 is 0. The first-order valence-corrected chi connectivity index (χ1v) is 12.9. The number of nitrogens with zero attached hydrogens (tertiary/aromatic N) is 2. The molecule has 1 saturated heterocycles. The fourth-order valence-electron chi connectivity index (χ4n) is 4.73. The highest BCUT2D eigenvalue weighted by atomic mass is 32.2. The van der Waals surface area contributed by atoms with Crippen LogP contribution in [-0.4, -0.2) is 51.3 Å². The van der Waals surface area contributed by atoms with E-state index in [0.717, 1.165) is 12.8 Å². The predicted octanol–water partition coefficient (Wildman–Crippen LogP) is 3.38. The quantitative estimate of drug-likeness (QED) is 0.677. The van der Waals surface area contributed by atoms with Crippen molar-refractivity contribution in [3.8, 4) is 5.75 Å². The van der Waals surface area contributed by atoms with Crippen LogP contribution in [-0.2, 0) is 25.0 Å². The second-order valence-corrected chi connectivity index (χ2v) is 11.5. The van der Waals surface area contributed by atoms with Crippen LogP contribution in [0.25, 0.3) is 0 Å². The molecule has 1 N–H and O–H groups in total. The smallest absolute Gasteiger partial charge is 0.244 e. The van der Waals surface area contributed by atoms with Gasteiger partial charge in [0.2, 0.25) is 21.8 Å². The highest BCUT2D eigenvalue weighted by molar-refractivity contribution is 7.89. The van der Waals surface area contributed by atoms with Crippen LogP contribution in [0.3, 0.4) is 0 Å². The lowest BCUT2D eigenvalue weighted by atomic mass is 9.86. The van der Waals surface area contributed by atoms with Crippen molar-refractivity contribution in [2.75, 3.05) is 37.0 Å². The summed E-state index contributed by atoms with van der Waals surface area (Å²) in [6, 6.07) is 11.8. The Hall–Kier alpha value is -2.91. The Morgan fingerprint density at radius 3 is 2.65 bits per heavy atom. The molecule has 0 aliphatic carbocycles. The first-order valence-electron chi connectivity index (χ1n) is 11.4. The molecule has 0 spiro atoms. The molecule has 2 aromatic carbocycles. The number of fused-ring (bicyclic) bond motifs is 1. The van der Waals surface area contributed by atoms with Gasteiger partial charge in [-0.2, -0.15) is 4.31 Å². The zero-order valence-electron chi connectivity index (χ0n) is 20.0. The van der Waals surface area contributed by atoms with E-state index in [4.69, 9.17) is 4.74 Å². The molecular weight excluding hydrogens is 454 g/mol. The van der Waals surface area contributed by atoms with Crippen molar-refractivity contribution in [1.29, 1.82) is 0 Å². The van der Waals surface area contributed by atoms with Crippen LogP contribution >= 0.6 is 0 Å². The molecule has 182 valence electrons. The lowest BCUT2D eigenvalue weighted by Crippen LogP contribution is -2.40. The second-order valence-electron chi connectivity index (χ2n) is 9.55. The molecule has 1 unspecified atom stereocenters. The highest BCUT2D eigenvalue weighted by Crippen LogP contribution is 2.43. The van der Waals surface area contributed by atoms with Crippen LogP contribution in [0.1, 0.15) is 39.2 Å².